The third kappa shape index (κ3) is 3.33. The highest BCUT2D eigenvalue weighted by Crippen LogP contribution is 2.33. The molecule has 0 spiro atoms. The Morgan fingerprint density at radius 1 is 1.32 bits per heavy atom. The molecule has 1 aromatic heterocycles. The van der Waals surface area contributed by atoms with Crippen LogP contribution in [0.15, 0.2) is 41.1 Å². The van der Waals surface area contributed by atoms with Gasteiger partial charge in [-0.3, -0.25) is 4.79 Å². The molecule has 0 aliphatic carbocycles. The van der Waals surface area contributed by atoms with Crippen LogP contribution in [0.25, 0.3) is 0 Å². The quantitative estimate of drug-likeness (QED) is 0.833. The van der Waals surface area contributed by atoms with Crippen LogP contribution in [-0.4, -0.2) is 24.5 Å². The van der Waals surface area contributed by atoms with Crippen LogP contribution in [0.2, 0.25) is 0 Å². The topological polar surface area (TPSA) is 29.5 Å². The van der Waals surface area contributed by atoms with Gasteiger partial charge in [0.05, 0.1) is 13.2 Å². The first-order chi connectivity index (χ1) is 10.8. The molecule has 1 unspecified atom stereocenters. The summed E-state index contributed by atoms with van der Waals surface area (Å²) in [6.45, 7) is 0.874. The highest BCUT2D eigenvalue weighted by atomic mass is 32.1. The molecule has 2 aromatic rings. The molecule has 3 rings (SSSR count). The van der Waals surface area contributed by atoms with Gasteiger partial charge < -0.3 is 9.64 Å². The van der Waals surface area contributed by atoms with Crippen LogP contribution in [0, 0.1) is 0 Å². The summed E-state index contributed by atoms with van der Waals surface area (Å²) in [5.41, 5.74) is 2.47. The van der Waals surface area contributed by atoms with Crippen molar-refractivity contribution in [1.82, 2.24) is 4.90 Å². The molecule has 0 saturated carbocycles. The minimum Gasteiger partial charge on any atom is -0.497 e. The average Bonchev–Trinajstić information content (AvgIpc) is 3.24. The Labute approximate surface area is 135 Å². The molecule has 4 heteroatoms. The zero-order valence-corrected chi connectivity index (χ0v) is 13.6. The van der Waals surface area contributed by atoms with Gasteiger partial charge in [-0.25, -0.2) is 0 Å². The predicted molar refractivity (Wildman–Crippen MR) is 89.3 cm³/mol. The van der Waals surface area contributed by atoms with E-state index in [2.05, 4.69) is 29.0 Å². The number of hydrogen-bond donors (Lipinski definition) is 0. The van der Waals surface area contributed by atoms with Crippen LogP contribution < -0.4 is 4.74 Å². The molecule has 2 heterocycles. The van der Waals surface area contributed by atoms with Gasteiger partial charge in [0.1, 0.15) is 5.75 Å². The van der Waals surface area contributed by atoms with Crippen LogP contribution in [0.4, 0.5) is 0 Å². The van der Waals surface area contributed by atoms with E-state index in [1.54, 1.807) is 18.4 Å². The van der Waals surface area contributed by atoms with Gasteiger partial charge in [-0.05, 0) is 59.3 Å². The molecular weight excluding hydrogens is 294 g/mol. The first kappa shape index (κ1) is 15.1. The smallest absolute Gasteiger partial charge is 0.223 e. The number of hydrogen-bond acceptors (Lipinski definition) is 3. The van der Waals surface area contributed by atoms with E-state index in [0.29, 0.717) is 6.42 Å². The molecule has 116 valence electrons. The minimum atomic E-state index is 0.223. The number of ether oxygens (including phenoxy) is 1. The first-order valence-electron chi connectivity index (χ1n) is 7.72. The Kier molecular flexibility index (Phi) is 4.78. The van der Waals surface area contributed by atoms with Gasteiger partial charge >= 0.3 is 0 Å². The second-order valence-electron chi connectivity index (χ2n) is 5.65. The Bertz CT molecular complexity index is 607. The summed E-state index contributed by atoms with van der Waals surface area (Å²) in [6.07, 6.45) is 3.58. The Hall–Kier alpha value is -1.81. The van der Waals surface area contributed by atoms with Crippen LogP contribution in [0.3, 0.4) is 0 Å². The minimum absolute atomic E-state index is 0.223. The van der Waals surface area contributed by atoms with Crippen LogP contribution in [0.1, 0.15) is 36.4 Å². The van der Waals surface area contributed by atoms with Gasteiger partial charge in [-0.2, -0.15) is 11.3 Å². The van der Waals surface area contributed by atoms with Crippen molar-refractivity contribution in [3.05, 3.63) is 52.2 Å². The summed E-state index contributed by atoms with van der Waals surface area (Å²) in [6, 6.07) is 10.4. The number of rotatable bonds is 5. The number of aryl methyl sites for hydroxylation is 1. The summed E-state index contributed by atoms with van der Waals surface area (Å²) in [7, 11) is 1.67. The van der Waals surface area contributed by atoms with E-state index in [0.717, 1.165) is 31.6 Å². The van der Waals surface area contributed by atoms with E-state index in [1.807, 2.05) is 17.0 Å². The lowest BCUT2D eigenvalue weighted by atomic mass is 10.0. The fourth-order valence-electron chi connectivity index (χ4n) is 3.07. The SMILES string of the molecule is COc1ccc(C2CCCN2C(=O)CCc2ccsc2)cc1. The Balaban J connectivity index is 1.65. The van der Waals surface area contributed by atoms with Crippen LogP contribution >= 0.6 is 11.3 Å². The van der Waals surface area contributed by atoms with E-state index in [-0.39, 0.29) is 11.9 Å². The zero-order valence-electron chi connectivity index (χ0n) is 12.8. The molecular formula is C18H21NO2S. The molecule has 3 nitrogen and oxygen atoms in total. The van der Waals surface area contributed by atoms with Crippen LogP contribution in [0.5, 0.6) is 5.75 Å². The molecule has 1 aromatic carbocycles. The van der Waals surface area contributed by atoms with E-state index < -0.39 is 0 Å². The van der Waals surface area contributed by atoms with Crippen molar-refractivity contribution in [2.24, 2.45) is 0 Å². The second-order valence-corrected chi connectivity index (χ2v) is 6.43. The molecule has 1 atom stereocenters. The van der Waals surface area contributed by atoms with Crippen molar-refractivity contribution in [3.63, 3.8) is 0 Å². The molecule has 0 N–H and O–H groups in total. The number of carbonyl (C=O) groups is 1. The van der Waals surface area contributed by atoms with Gasteiger partial charge in [0.15, 0.2) is 0 Å². The van der Waals surface area contributed by atoms with E-state index in [9.17, 15) is 4.79 Å². The van der Waals surface area contributed by atoms with E-state index >= 15 is 0 Å². The van der Waals surface area contributed by atoms with E-state index in [4.69, 9.17) is 4.74 Å². The van der Waals surface area contributed by atoms with E-state index in [1.165, 1.54) is 11.1 Å². The van der Waals surface area contributed by atoms with Gasteiger partial charge in [0.2, 0.25) is 5.91 Å². The van der Waals surface area contributed by atoms with Crippen molar-refractivity contribution >= 4 is 17.2 Å². The molecule has 1 fully saturated rings. The van der Waals surface area contributed by atoms with Crippen molar-refractivity contribution in [2.45, 2.75) is 31.7 Å². The van der Waals surface area contributed by atoms with Gasteiger partial charge in [0, 0.05) is 13.0 Å². The molecule has 1 amide bonds. The summed E-state index contributed by atoms with van der Waals surface area (Å²) in [4.78, 5) is 14.6. The van der Waals surface area contributed by atoms with Gasteiger partial charge in [-0.1, -0.05) is 12.1 Å². The maximum atomic E-state index is 12.6. The lowest BCUT2D eigenvalue weighted by Gasteiger charge is -2.25. The number of amides is 1. The van der Waals surface area contributed by atoms with Crippen molar-refractivity contribution in [3.8, 4) is 5.75 Å². The summed E-state index contributed by atoms with van der Waals surface area (Å²) in [5, 5.41) is 4.19. The maximum Gasteiger partial charge on any atom is 0.223 e. The lowest BCUT2D eigenvalue weighted by Crippen LogP contribution is -2.30. The summed E-state index contributed by atoms with van der Waals surface area (Å²) >= 11 is 1.69. The number of methoxy groups -OCH3 is 1. The van der Waals surface area contributed by atoms with Crippen molar-refractivity contribution < 1.29 is 9.53 Å². The number of thiophene rings is 1. The maximum absolute atomic E-state index is 12.6. The third-order valence-corrected chi connectivity index (χ3v) is 5.01. The average molecular weight is 315 g/mol. The largest absolute Gasteiger partial charge is 0.497 e. The zero-order chi connectivity index (χ0) is 15.4. The number of benzene rings is 1. The lowest BCUT2D eigenvalue weighted by molar-refractivity contribution is -0.132. The normalized spacial score (nSPS) is 17.7. The summed E-state index contributed by atoms with van der Waals surface area (Å²) in [5.74, 6) is 1.13. The van der Waals surface area contributed by atoms with Crippen molar-refractivity contribution in [2.75, 3.05) is 13.7 Å². The fraction of sp³-hybridized carbons (Fsp3) is 0.389. The Morgan fingerprint density at radius 2 is 2.14 bits per heavy atom. The number of carbonyl (C=O) groups excluding carboxylic acids is 1. The number of nitrogens with zero attached hydrogens (tertiary/aromatic N) is 1. The summed E-state index contributed by atoms with van der Waals surface area (Å²) < 4.78 is 5.21. The molecule has 1 aliphatic rings. The second kappa shape index (κ2) is 6.97. The first-order valence-corrected chi connectivity index (χ1v) is 8.66. The van der Waals surface area contributed by atoms with Crippen LogP contribution in [-0.2, 0) is 11.2 Å². The molecule has 1 aliphatic heterocycles. The standard InChI is InChI=1S/C18H21NO2S/c1-21-16-7-5-15(6-8-16)17-3-2-11-19(17)18(20)9-4-14-10-12-22-13-14/h5-8,10,12-13,17H,2-4,9,11H2,1H3. The molecule has 0 bridgehead atoms. The molecule has 1 saturated heterocycles. The molecule has 22 heavy (non-hydrogen) atoms. The highest BCUT2D eigenvalue weighted by molar-refractivity contribution is 7.07. The predicted octanol–water partition coefficient (Wildman–Crippen LogP) is 4.05. The number of likely N-dealkylation sites (tertiary alicyclic amines) is 1. The third-order valence-electron chi connectivity index (χ3n) is 4.28. The molecule has 0 radical (unpaired) electrons. The highest BCUT2D eigenvalue weighted by Gasteiger charge is 2.29. The monoisotopic (exact) mass is 315 g/mol. The van der Waals surface area contributed by atoms with Crippen molar-refractivity contribution in [1.29, 1.82) is 0 Å². The fourth-order valence-corrected chi connectivity index (χ4v) is 3.77. The van der Waals surface area contributed by atoms with Gasteiger partial charge in [-0.15, -0.1) is 0 Å². The van der Waals surface area contributed by atoms with Gasteiger partial charge in [0.25, 0.3) is 0 Å². The Morgan fingerprint density at radius 3 is 2.82 bits per heavy atom.